The summed E-state index contributed by atoms with van der Waals surface area (Å²) in [5, 5.41) is 2.84. The average molecular weight is 266 g/mol. The van der Waals surface area contributed by atoms with Crippen molar-refractivity contribution in [3.8, 4) is 11.5 Å². The molecule has 0 bridgehead atoms. The number of hydrogen-bond donors (Lipinski definition) is 2. The van der Waals surface area contributed by atoms with Crippen LogP contribution in [0.25, 0.3) is 0 Å². The second-order valence-electron chi connectivity index (χ2n) is 5.24. The van der Waals surface area contributed by atoms with Crippen LogP contribution in [-0.2, 0) is 4.79 Å². The zero-order chi connectivity index (χ0) is 14.6. The van der Waals surface area contributed by atoms with Crippen LogP contribution in [0, 0.1) is 6.92 Å². The van der Waals surface area contributed by atoms with Crippen molar-refractivity contribution in [3.63, 3.8) is 0 Å². The molecule has 0 aliphatic heterocycles. The minimum atomic E-state index is -0.533. The van der Waals surface area contributed by atoms with Gasteiger partial charge in [0.25, 0.3) is 0 Å². The molecule has 0 radical (unpaired) electrons. The lowest BCUT2D eigenvalue weighted by molar-refractivity contribution is -0.117. The van der Waals surface area contributed by atoms with E-state index in [4.69, 9.17) is 15.2 Å². The zero-order valence-corrected chi connectivity index (χ0v) is 12.2. The Balaban J connectivity index is 2.93. The summed E-state index contributed by atoms with van der Waals surface area (Å²) in [6.07, 6.45) is 0.251. The molecule has 1 aromatic rings. The minimum absolute atomic E-state index is 0.122. The van der Waals surface area contributed by atoms with E-state index in [-0.39, 0.29) is 12.3 Å². The number of benzene rings is 1. The lowest BCUT2D eigenvalue weighted by atomic mass is 10.0. The maximum atomic E-state index is 11.9. The van der Waals surface area contributed by atoms with E-state index in [0.29, 0.717) is 17.2 Å². The first kappa shape index (κ1) is 15.3. The molecule has 0 spiro atoms. The first-order valence-corrected chi connectivity index (χ1v) is 6.08. The Kier molecular flexibility index (Phi) is 4.78. The third-order valence-corrected chi connectivity index (χ3v) is 2.62. The van der Waals surface area contributed by atoms with E-state index in [1.54, 1.807) is 20.3 Å². The van der Waals surface area contributed by atoms with E-state index in [2.05, 4.69) is 5.32 Å². The van der Waals surface area contributed by atoms with Crippen LogP contribution in [-0.4, -0.2) is 25.7 Å². The summed E-state index contributed by atoms with van der Waals surface area (Å²) in [7, 11) is 3.13. The zero-order valence-electron chi connectivity index (χ0n) is 12.2. The van der Waals surface area contributed by atoms with Gasteiger partial charge in [0, 0.05) is 23.7 Å². The molecule has 3 N–H and O–H groups in total. The first-order valence-electron chi connectivity index (χ1n) is 6.08. The summed E-state index contributed by atoms with van der Waals surface area (Å²) in [6.45, 7) is 5.52. The lowest BCUT2D eigenvalue weighted by Crippen LogP contribution is -2.36. The summed E-state index contributed by atoms with van der Waals surface area (Å²) in [5.41, 5.74) is 6.90. The van der Waals surface area contributed by atoms with Crippen molar-refractivity contribution >= 4 is 11.6 Å². The van der Waals surface area contributed by atoms with Crippen LogP contribution < -0.4 is 20.5 Å². The number of aryl methyl sites for hydroxylation is 1. The normalized spacial score (nSPS) is 11.1. The number of nitrogens with two attached hydrogens (primary N) is 1. The smallest absolute Gasteiger partial charge is 0.226 e. The molecule has 0 saturated carbocycles. The highest BCUT2D eigenvalue weighted by molar-refractivity contribution is 5.92. The van der Waals surface area contributed by atoms with Gasteiger partial charge in [-0.05, 0) is 32.4 Å². The van der Waals surface area contributed by atoms with E-state index in [1.165, 1.54) is 0 Å². The first-order chi connectivity index (χ1) is 8.76. The third kappa shape index (κ3) is 4.44. The fraction of sp³-hybridized carbons (Fsp3) is 0.500. The van der Waals surface area contributed by atoms with Gasteiger partial charge in [-0.25, -0.2) is 0 Å². The second-order valence-corrected chi connectivity index (χ2v) is 5.24. The molecule has 0 aromatic heterocycles. The number of carbonyl (C=O) groups is 1. The quantitative estimate of drug-likeness (QED) is 0.855. The Morgan fingerprint density at radius 2 is 1.79 bits per heavy atom. The van der Waals surface area contributed by atoms with Crippen LogP contribution in [0.3, 0.4) is 0 Å². The molecule has 0 aliphatic rings. The van der Waals surface area contributed by atoms with Crippen molar-refractivity contribution in [2.75, 3.05) is 19.5 Å². The lowest BCUT2D eigenvalue weighted by Gasteiger charge is -2.19. The monoisotopic (exact) mass is 266 g/mol. The fourth-order valence-corrected chi connectivity index (χ4v) is 1.72. The van der Waals surface area contributed by atoms with Gasteiger partial charge in [0.05, 0.1) is 14.2 Å². The Hall–Kier alpha value is -1.75. The molecule has 5 heteroatoms. The largest absolute Gasteiger partial charge is 0.493 e. The number of carbonyl (C=O) groups excluding carboxylic acids is 1. The van der Waals surface area contributed by atoms with Crippen molar-refractivity contribution in [3.05, 3.63) is 17.7 Å². The maximum Gasteiger partial charge on any atom is 0.226 e. The molecule has 1 rings (SSSR count). The summed E-state index contributed by atoms with van der Waals surface area (Å²) in [4.78, 5) is 11.9. The second kappa shape index (κ2) is 5.93. The Morgan fingerprint density at radius 1 is 1.26 bits per heavy atom. The van der Waals surface area contributed by atoms with Gasteiger partial charge in [-0.3, -0.25) is 4.79 Å². The summed E-state index contributed by atoms with van der Waals surface area (Å²) < 4.78 is 10.4. The van der Waals surface area contributed by atoms with E-state index >= 15 is 0 Å². The SMILES string of the molecule is COc1cc(C)c(NC(=O)CC(C)(C)N)cc1OC. The molecule has 1 aromatic carbocycles. The Labute approximate surface area is 114 Å². The van der Waals surface area contributed by atoms with Crippen molar-refractivity contribution in [1.29, 1.82) is 0 Å². The van der Waals surface area contributed by atoms with Crippen LogP contribution >= 0.6 is 0 Å². The van der Waals surface area contributed by atoms with Gasteiger partial charge < -0.3 is 20.5 Å². The van der Waals surface area contributed by atoms with Gasteiger partial charge in [0.2, 0.25) is 5.91 Å². The fourth-order valence-electron chi connectivity index (χ4n) is 1.72. The number of amides is 1. The standard InChI is InChI=1S/C14H22N2O3/c1-9-6-11(18-4)12(19-5)7-10(9)16-13(17)8-14(2,3)15/h6-7H,8,15H2,1-5H3,(H,16,17). The minimum Gasteiger partial charge on any atom is -0.493 e. The molecular formula is C14H22N2O3. The highest BCUT2D eigenvalue weighted by Crippen LogP contribution is 2.33. The van der Waals surface area contributed by atoms with Crippen molar-refractivity contribution in [2.24, 2.45) is 5.73 Å². The molecule has 0 heterocycles. The van der Waals surface area contributed by atoms with Gasteiger partial charge >= 0.3 is 0 Å². The summed E-state index contributed by atoms with van der Waals surface area (Å²) >= 11 is 0. The van der Waals surface area contributed by atoms with Gasteiger partial charge in [0.15, 0.2) is 11.5 Å². The summed E-state index contributed by atoms with van der Waals surface area (Å²) in [5.74, 6) is 1.09. The van der Waals surface area contributed by atoms with Gasteiger partial charge in [-0.15, -0.1) is 0 Å². The number of nitrogens with one attached hydrogen (secondary N) is 1. The van der Waals surface area contributed by atoms with Crippen molar-refractivity contribution < 1.29 is 14.3 Å². The van der Waals surface area contributed by atoms with E-state index in [9.17, 15) is 4.79 Å². The highest BCUT2D eigenvalue weighted by Gasteiger charge is 2.17. The number of ether oxygens (including phenoxy) is 2. The maximum absolute atomic E-state index is 11.9. The molecule has 0 fully saturated rings. The molecule has 0 aliphatic carbocycles. The van der Waals surface area contributed by atoms with Crippen LogP contribution in [0.4, 0.5) is 5.69 Å². The average Bonchev–Trinajstić information content (AvgIpc) is 2.28. The van der Waals surface area contributed by atoms with Gasteiger partial charge in [-0.2, -0.15) is 0 Å². The molecule has 1 amide bonds. The van der Waals surface area contributed by atoms with Crippen LogP contribution in [0.2, 0.25) is 0 Å². The Morgan fingerprint density at radius 3 is 2.26 bits per heavy atom. The Bertz CT molecular complexity index is 464. The van der Waals surface area contributed by atoms with E-state index in [1.807, 2.05) is 26.8 Å². The summed E-state index contributed by atoms with van der Waals surface area (Å²) in [6, 6.07) is 3.57. The molecule has 5 nitrogen and oxygen atoms in total. The van der Waals surface area contributed by atoms with E-state index in [0.717, 1.165) is 5.56 Å². The number of hydrogen-bond acceptors (Lipinski definition) is 4. The van der Waals surface area contributed by atoms with Crippen LogP contribution in [0.5, 0.6) is 11.5 Å². The molecule has 19 heavy (non-hydrogen) atoms. The van der Waals surface area contributed by atoms with Gasteiger partial charge in [-0.1, -0.05) is 0 Å². The molecular weight excluding hydrogens is 244 g/mol. The van der Waals surface area contributed by atoms with Gasteiger partial charge in [0.1, 0.15) is 0 Å². The topological polar surface area (TPSA) is 73.6 Å². The predicted octanol–water partition coefficient (Wildman–Crippen LogP) is 2.08. The highest BCUT2D eigenvalue weighted by atomic mass is 16.5. The predicted molar refractivity (Wildman–Crippen MR) is 75.8 cm³/mol. The third-order valence-electron chi connectivity index (χ3n) is 2.62. The molecule has 0 atom stereocenters. The molecule has 0 unspecified atom stereocenters. The number of methoxy groups -OCH3 is 2. The molecule has 0 saturated heterocycles. The van der Waals surface area contributed by atoms with Crippen LogP contribution in [0.1, 0.15) is 25.8 Å². The van der Waals surface area contributed by atoms with Crippen molar-refractivity contribution in [1.82, 2.24) is 0 Å². The van der Waals surface area contributed by atoms with Crippen LogP contribution in [0.15, 0.2) is 12.1 Å². The van der Waals surface area contributed by atoms with Crippen molar-refractivity contribution in [2.45, 2.75) is 32.7 Å². The molecule has 106 valence electrons. The van der Waals surface area contributed by atoms with E-state index < -0.39 is 5.54 Å². The number of rotatable bonds is 5. The number of anilines is 1.